The summed E-state index contributed by atoms with van der Waals surface area (Å²) in [4.78, 5) is 5.69. The van der Waals surface area contributed by atoms with Gasteiger partial charge < -0.3 is 9.14 Å². The van der Waals surface area contributed by atoms with Crippen molar-refractivity contribution in [2.45, 2.75) is 39.5 Å². The number of imidazole rings is 1. The van der Waals surface area contributed by atoms with Crippen molar-refractivity contribution in [1.29, 1.82) is 0 Å². The van der Waals surface area contributed by atoms with Crippen molar-refractivity contribution in [3.8, 4) is 39.8 Å². The lowest BCUT2D eigenvalue weighted by molar-refractivity contribution is -0.730. The Balaban J connectivity index is 1.35. The molecule has 3 aromatic heterocycles. The highest BCUT2D eigenvalue weighted by Gasteiger charge is 2.19. The van der Waals surface area contributed by atoms with Crippen molar-refractivity contribution in [1.82, 2.24) is 19.1 Å². The van der Waals surface area contributed by atoms with Crippen molar-refractivity contribution < 1.29 is 9.42 Å². The molecule has 0 radical (unpaired) electrons. The maximum absolute atomic E-state index is 6.37. The lowest BCUT2D eigenvalue weighted by Crippen LogP contribution is -2.29. The minimum absolute atomic E-state index is 0.391. The van der Waals surface area contributed by atoms with E-state index in [-0.39, 0.29) is 0 Å². The topological polar surface area (TPSA) is 48.2 Å². The summed E-state index contributed by atoms with van der Waals surface area (Å²) in [5, 5.41) is 6.54. The Morgan fingerprint density at radius 2 is 1.51 bits per heavy atom. The van der Waals surface area contributed by atoms with Crippen LogP contribution in [-0.4, -0.2) is 19.1 Å². The first-order valence-corrected chi connectivity index (χ1v) is 14.1. The van der Waals surface area contributed by atoms with Crippen molar-refractivity contribution >= 4 is 16.3 Å². The van der Waals surface area contributed by atoms with E-state index in [9.17, 15) is 0 Å². The smallest absolute Gasteiger partial charge is 0.235 e. The summed E-state index contributed by atoms with van der Waals surface area (Å²) in [5.74, 6) is 3.21. The van der Waals surface area contributed by atoms with Crippen LogP contribution in [0.4, 0.5) is 0 Å². The summed E-state index contributed by atoms with van der Waals surface area (Å²) in [6.07, 6.45) is 7.16. The molecule has 0 unspecified atom stereocenters. The quantitative estimate of drug-likeness (QED) is 0.157. The average molecular weight is 534 g/mol. The number of hydrogen-bond acceptors (Lipinski definition) is 4. The highest BCUT2D eigenvalue weighted by molar-refractivity contribution is 7.15. The third-order valence-electron chi connectivity index (χ3n) is 6.87. The van der Waals surface area contributed by atoms with Gasteiger partial charge in [0.1, 0.15) is 17.3 Å². The molecule has 3 aromatic carbocycles. The number of fused-ring (bicyclic) bond motifs is 1. The van der Waals surface area contributed by atoms with E-state index in [1.165, 1.54) is 16.8 Å². The van der Waals surface area contributed by atoms with Crippen LogP contribution in [0.3, 0.4) is 0 Å². The normalized spacial score (nSPS) is 11.7. The molecule has 0 saturated heterocycles. The molecule has 0 saturated carbocycles. The van der Waals surface area contributed by atoms with Gasteiger partial charge in [0.2, 0.25) is 11.3 Å². The van der Waals surface area contributed by atoms with Crippen LogP contribution in [0.1, 0.15) is 50.7 Å². The Morgan fingerprint density at radius 1 is 0.872 bits per heavy atom. The highest BCUT2D eigenvalue weighted by atomic mass is 32.1. The molecule has 3 heterocycles. The van der Waals surface area contributed by atoms with E-state index in [1.807, 2.05) is 41.9 Å². The molecule has 0 bridgehead atoms. The van der Waals surface area contributed by atoms with Crippen molar-refractivity contribution in [3.63, 3.8) is 0 Å². The Bertz CT molecular complexity index is 1750. The maximum Gasteiger partial charge on any atom is 0.235 e. The monoisotopic (exact) mass is 533 g/mol. The van der Waals surface area contributed by atoms with E-state index < -0.39 is 0 Å². The second-order valence-electron chi connectivity index (χ2n) is 10.3. The summed E-state index contributed by atoms with van der Waals surface area (Å²) < 4.78 is 12.3. The minimum atomic E-state index is 0.391. The molecule has 0 fully saturated rings. The van der Waals surface area contributed by atoms with Crippen LogP contribution in [0.25, 0.3) is 33.3 Å². The zero-order chi connectivity index (χ0) is 27.1. The molecule has 6 rings (SSSR count). The fourth-order valence-electron chi connectivity index (χ4n) is 5.02. The van der Waals surface area contributed by atoms with Crippen LogP contribution < -0.4 is 9.42 Å². The lowest BCUT2D eigenvalue weighted by atomic mass is 9.92. The second-order valence-corrected chi connectivity index (χ2v) is 11.2. The van der Waals surface area contributed by atoms with Crippen molar-refractivity contribution in [2.75, 3.05) is 0 Å². The summed E-state index contributed by atoms with van der Waals surface area (Å²) in [5.41, 5.74) is 6.94. The molecule has 7 heteroatoms. The number of para-hydroxylation sites is 1. The van der Waals surface area contributed by atoms with E-state index >= 15 is 0 Å². The third-order valence-corrected chi connectivity index (χ3v) is 7.69. The molecular formula is C32H31N5OS. The number of thiazole rings is 1. The third kappa shape index (κ3) is 4.74. The molecule has 6 aromatic rings. The summed E-state index contributed by atoms with van der Waals surface area (Å²) >= 11 is 1.59. The number of rotatable bonds is 7. The fraction of sp³-hybridized carbons (Fsp3) is 0.219. The Morgan fingerprint density at radius 3 is 2.21 bits per heavy atom. The van der Waals surface area contributed by atoms with Gasteiger partial charge in [-0.1, -0.05) is 70.2 Å². The number of nitrogens with zero attached hydrogens (tertiary/aromatic N) is 5. The average Bonchev–Trinajstić information content (AvgIpc) is 3.64. The summed E-state index contributed by atoms with van der Waals surface area (Å²) in [7, 11) is 1.88. The lowest BCUT2D eigenvalue weighted by Gasteiger charge is -2.22. The second kappa shape index (κ2) is 10.2. The van der Waals surface area contributed by atoms with Crippen LogP contribution in [0.15, 0.2) is 84.5 Å². The standard InChI is InChI=1S/C32H31N5OS/c1-21(2)27-13-8-14-28(22(3)4)30(27)36-16-15-33-31(36)24-10-7-12-26(18-24)38-25-11-6-9-23(17-25)29-19-39-32-34-35(5)20-37(29)32/h6-19,21-22H,1-5H3. The first-order chi connectivity index (χ1) is 18.9. The van der Waals surface area contributed by atoms with Crippen LogP contribution in [-0.2, 0) is 7.05 Å². The predicted molar refractivity (Wildman–Crippen MR) is 156 cm³/mol. The zero-order valence-corrected chi connectivity index (χ0v) is 23.6. The number of ether oxygens (including phenoxy) is 1. The Kier molecular flexibility index (Phi) is 6.53. The first-order valence-electron chi connectivity index (χ1n) is 13.2. The molecule has 0 amide bonds. The van der Waals surface area contributed by atoms with E-state index in [1.54, 1.807) is 16.0 Å². The number of benzene rings is 3. The van der Waals surface area contributed by atoms with Gasteiger partial charge in [0, 0.05) is 23.7 Å². The molecule has 6 nitrogen and oxygen atoms in total. The van der Waals surface area contributed by atoms with E-state index in [2.05, 4.69) is 97.7 Å². The van der Waals surface area contributed by atoms with Crippen LogP contribution in [0.2, 0.25) is 0 Å². The molecule has 0 spiro atoms. The minimum Gasteiger partial charge on any atom is -0.457 e. The van der Waals surface area contributed by atoms with Crippen LogP contribution >= 0.6 is 11.3 Å². The van der Waals surface area contributed by atoms with Gasteiger partial charge in [-0.15, -0.1) is 5.10 Å². The fourth-order valence-corrected chi connectivity index (χ4v) is 5.89. The molecule has 196 valence electrons. The van der Waals surface area contributed by atoms with Gasteiger partial charge in [-0.25, -0.2) is 9.67 Å². The molecule has 0 atom stereocenters. The van der Waals surface area contributed by atoms with Gasteiger partial charge in [-0.2, -0.15) is 11.3 Å². The van der Waals surface area contributed by atoms with Crippen LogP contribution in [0.5, 0.6) is 11.5 Å². The SMILES string of the molecule is CC(C)c1cccc(C(C)C)c1-n1ccnc1-c1cccc(Oc2cccc(-c3csc4n[n+](C)[c-]n34)c2)c1. The zero-order valence-electron chi connectivity index (χ0n) is 22.8. The first kappa shape index (κ1) is 25.1. The Hall–Kier alpha value is -4.23. The molecular weight excluding hydrogens is 502 g/mol. The largest absolute Gasteiger partial charge is 0.457 e. The molecule has 0 N–H and O–H groups in total. The molecule has 0 aliphatic rings. The van der Waals surface area contributed by atoms with Gasteiger partial charge in [0.05, 0.1) is 12.7 Å². The molecule has 0 aliphatic carbocycles. The van der Waals surface area contributed by atoms with Gasteiger partial charge in [-0.3, -0.25) is 4.57 Å². The van der Waals surface area contributed by atoms with E-state index in [4.69, 9.17) is 9.72 Å². The van der Waals surface area contributed by atoms with Gasteiger partial charge in [0.25, 0.3) is 0 Å². The van der Waals surface area contributed by atoms with Crippen molar-refractivity contribution in [2.24, 2.45) is 7.05 Å². The van der Waals surface area contributed by atoms with Gasteiger partial charge in [-0.05, 0) is 58.2 Å². The molecule has 39 heavy (non-hydrogen) atoms. The summed E-state index contributed by atoms with van der Waals surface area (Å²) in [6, 6.07) is 22.9. The number of aromatic nitrogens is 5. The Labute approximate surface area is 232 Å². The van der Waals surface area contributed by atoms with E-state index in [0.717, 1.165) is 39.1 Å². The van der Waals surface area contributed by atoms with Gasteiger partial charge in [0.15, 0.2) is 0 Å². The number of hydrogen-bond donors (Lipinski definition) is 0. The summed E-state index contributed by atoms with van der Waals surface area (Å²) in [6.45, 7) is 8.98. The highest BCUT2D eigenvalue weighted by Crippen LogP contribution is 2.35. The van der Waals surface area contributed by atoms with Crippen LogP contribution in [0, 0.1) is 6.33 Å². The molecule has 0 aliphatic heterocycles. The maximum atomic E-state index is 6.37. The van der Waals surface area contributed by atoms with Crippen molar-refractivity contribution in [3.05, 3.63) is 102 Å². The van der Waals surface area contributed by atoms with E-state index in [0.29, 0.717) is 11.8 Å². The number of aryl methyl sites for hydroxylation is 1. The predicted octanol–water partition coefficient (Wildman–Crippen LogP) is 7.58. The van der Waals surface area contributed by atoms with Gasteiger partial charge >= 0.3 is 0 Å².